The lowest BCUT2D eigenvalue weighted by molar-refractivity contribution is 0.107. The van der Waals surface area contributed by atoms with Crippen LogP contribution in [0.15, 0.2) is 78.0 Å². The highest BCUT2D eigenvalue weighted by atomic mass is 16.6. The van der Waals surface area contributed by atoms with E-state index in [1.54, 1.807) is 0 Å². The van der Waals surface area contributed by atoms with Gasteiger partial charge in [0.15, 0.2) is 6.61 Å². The van der Waals surface area contributed by atoms with Crippen molar-refractivity contribution in [3.05, 3.63) is 90.0 Å². The maximum absolute atomic E-state index is 5.65. The molecule has 0 heterocycles. The average molecular weight is 358 g/mol. The van der Waals surface area contributed by atoms with Gasteiger partial charge in [0.25, 0.3) is 0 Å². The lowest BCUT2D eigenvalue weighted by Gasteiger charge is -2.08. The summed E-state index contributed by atoms with van der Waals surface area (Å²) in [6.45, 7) is 4.94. The van der Waals surface area contributed by atoms with E-state index in [0.717, 1.165) is 29.0 Å². The SMILES string of the molecule is CC/C(=N\OCCOc1c[c]cc(C)c1)c1ccc(-c2ccccc2)cc1. The van der Waals surface area contributed by atoms with Gasteiger partial charge in [0, 0.05) is 0 Å². The summed E-state index contributed by atoms with van der Waals surface area (Å²) in [6.07, 6.45) is 0.804. The molecule has 0 aromatic heterocycles. The Balaban J connectivity index is 1.54. The molecule has 0 spiro atoms. The third kappa shape index (κ3) is 5.45. The molecule has 137 valence electrons. The van der Waals surface area contributed by atoms with Gasteiger partial charge in [-0.05, 0) is 53.8 Å². The van der Waals surface area contributed by atoms with Crippen LogP contribution in [0.1, 0.15) is 24.5 Å². The topological polar surface area (TPSA) is 30.8 Å². The van der Waals surface area contributed by atoms with E-state index in [9.17, 15) is 0 Å². The van der Waals surface area contributed by atoms with Crippen LogP contribution in [0.25, 0.3) is 11.1 Å². The Morgan fingerprint density at radius 2 is 1.67 bits per heavy atom. The maximum atomic E-state index is 5.65. The molecule has 0 unspecified atom stereocenters. The van der Waals surface area contributed by atoms with Crippen LogP contribution in [0.2, 0.25) is 0 Å². The quantitative estimate of drug-likeness (QED) is 0.295. The van der Waals surface area contributed by atoms with Crippen LogP contribution in [0.5, 0.6) is 5.75 Å². The number of benzene rings is 3. The van der Waals surface area contributed by atoms with Gasteiger partial charge in [-0.3, -0.25) is 0 Å². The fourth-order valence-electron chi connectivity index (χ4n) is 2.77. The van der Waals surface area contributed by atoms with Crippen LogP contribution < -0.4 is 4.74 Å². The fraction of sp³-hybridized carbons (Fsp3) is 0.208. The van der Waals surface area contributed by atoms with Crippen molar-refractivity contribution in [3.63, 3.8) is 0 Å². The highest BCUT2D eigenvalue weighted by molar-refractivity contribution is 6.00. The van der Waals surface area contributed by atoms with Crippen molar-refractivity contribution in [3.8, 4) is 16.9 Å². The molecule has 3 heteroatoms. The van der Waals surface area contributed by atoms with Gasteiger partial charge in [0.1, 0.15) is 12.4 Å². The minimum atomic E-state index is 0.402. The minimum Gasteiger partial charge on any atom is -0.490 e. The zero-order chi connectivity index (χ0) is 18.9. The zero-order valence-corrected chi connectivity index (χ0v) is 15.8. The molecule has 0 atom stereocenters. The van der Waals surface area contributed by atoms with Crippen LogP contribution in [0.4, 0.5) is 0 Å². The maximum Gasteiger partial charge on any atom is 0.151 e. The molecule has 0 saturated carbocycles. The first-order valence-electron chi connectivity index (χ1n) is 9.21. The van der Waals surface area contributed by atoms with Crippen molar-refractivity contribution < 1.29 is 9.57 Å². The standard InChI is InChI=1S/C24H24NO2/c1-3-24(25-27-17-16-26-23-11-7-8-19(2)18-23)22-14-12-21(13-15-22)20-9-5-4-6-10-20/h4-6,8-15,18H,3,16-17H2,1-2H3/b25-24+. The first-order chi connectivity index (χ1) is 13.3. The molecule has 1 radical (unpaired) electrons. The van der Waals surface area contributed by atoms with Gasteiger partial charge in [-0.25, -0.2) is 0 Å². The molecule has 3 nitrogen and oxygen atoms in total. The van der Waals surface area contributed by atoms with Crippen molar-refractivity contribution in [1.29, 1.82) is 0 Å². The Kier molecular flexibility index (Phi) is 6.64. The molecule has 0 saturated heterocycles. The third-order valence-corrected chi connectivity index (χ3v) is 4.18. The Bertz CT molecular complexity index is 870. The second-order valence-electron chi connectivity index (χ2n) is 6.26. The number of oxime groups is 1. The summed E-state index contributed by atoms with van der Waals surface area (Å²) in [6, 6.07) is 27.5. The normalized spacial score (nSPS) is 11.3. The summed E-state index contributed by atoms with van der Waals surface area (Å²) >= 11 is 0. The summed E-state index contributed by atoms with van der Waals surface area (Å²) in [5.41, 5.74) is 5.53. The lowest BCUT2D eigenvalue weighted by Crippen LogP contribution is -2.06. The van der Waals surface area contributed by atoms with Gasteiger partial charge < -0.3 is 9.57 Å². The molecule has 0 aliphatic carbocycles. The Labute approximate surface area is 161 Å². The van der Waals surface area contributed by atoms with Crippen molar-refractivity contribution in [2.75, 3.05) is 13.2 Å². The monoisotopic (exact) mass is 358 g/mol. The second kappa shape index (κ2) is 9.58. The van der Waals surface area contributed by atoms with E-state index in [1.165, 1.54) is 11.1 Å². The molecule has 0 fully saturated rings. The number of hydrogen-bond acceptors (Lipinski definition) is 3. The summed E-state index contributed by atoms with van der Waals surface area (Å²) in [4.78, 5) is 5.46. The molecule has 0 bridgehead atoms. The summed E-state index contributed by atoms with van der Waals surface area (Å²) in [7, 11) is 0. The predicted octanol–water partition coefficient (Wildman–Crippen LogP) is 5.67. The van der Waals surface area contributed by atoms with Crippen LogP contribution in [0, 0.1) is 13.0 Å². The molecule has 27 heavy (non-hydrogen) atoms. The summed E-state index contributed by atoms with van der Waals surface area (Å²) in [5, 5.41) is 4.29. The van der Waals surface area contributed by atoms with Crippen LogP contribution >= 0.6 is 0 Å². The Hall–Kier alpha value is -3.07. The van der Waals surface area contributed by atoms with E-state index in [1.807, 2.05) is 43.3 Å². The first-order valence-corrected chi connectivity index (χ1v) is 9.21. The molecule has 0 aliphatic rings. The summed E-state index contributed by atoms with van der Waals surface area (Å²) in [5.74, 6) is 0.801. The van der Waals surface area contributed by atoms with E-state index in [0.29, 0.717) is 13.2 Å². The molecular weight excluding hydrogens is 334 g/mol. The van der Waals surface area contributed by atoms with E-state index >= 15 is 0 Å². The Morgan fingerprint density at radius 1 is 0.926 bits per heavy atom. The van der Waals surface area contributed by atoms with Crippen LogP contribution in [-0.4, -0.2) is 18.9 Å². The van der Waals surface area contributed by atoms with Gasteiger partial charge >= 0.3 is 0 Å². The van der Waals surface area contributed by atoms with Crippen molar-refractivity contribution in [2.45, 2.75) is 20.3 Å². The molecule has 3 rings (SSSR count). The number of aryl methyl sites for hydroxylation is 1. The fourth-order valence-corrected chi connectivity index (χ4v) is 2.77. The largest absolute Gasteiger partial charge is 0.490 e. The first kappa shape index (κ1) is 18.7. The second-order valence-corrected chi connectivity index (χ2v) is 6.26. The van der Waals surface area contributed by atoms with E-state index < -0.39 is 0 Å². The van der Waals surface area contributed by atoms with Crippen LogP contribution in [0.3, 0.4) is 0 Å². The number of hydrogen-bond donors (Lipinski definition) is 0. The van der Waals surface area contributed by atoms with E-state index in [2.05, 4.69) is 54.5 Å². The molecular formula is C24H24NO2. The molecule has 0 aliphatic heterocycles. The number of ether oxygens (including phenoxy) is 1. The van der Waals surface area contributed by atoms with Crippen molar-refractivity contribution in [2.24, 2.45) is 5.16 Å². The number of nitrogens with zero attached hydrogens (tertiary/aromatic N) is 1. The third-order valence-electron chi connectivity index (χ3n) is 4.18. The van der Waals surface area contributed by atoms with Crippen LogP contribution in [-0.2, 0) is 4.84 Å². The number of rotatable bonds is 8. The van der Waals surface area contributed by atoms with Gasteiger partial charge in [-0.1, -0.05) is 72.7 Å². The molecule has 3 aromatic carbocycles. The highest BCUT2D eigenvalue weighted by Crippen LogP contribution is 2.20. The Morgan fingerprint density at radius 3 is 2.37 bits per heavy atom. The molecule has 0 N–H and O–H groups in total. The van der Waals surface area contributed by atoms with Gasteiger partial charge in [0.05, 0.1) is 5.71 Å². The molecule has 0 amide bonds. The smallest absolute Gasteiger partial charge is 0.151 e. The average Bonchev–Trinajstić information content (AvgIpc) is 2.72. The highest BCUT2D eigenvalue weighted by Gasteiger charge is 2.04. The van der Waals surface area contributed by atoms with Crippen molar-refractivity contribution in [1.82, 2.24) is 0 Å². The van der Waals surface area contributed by atoms with E-state index in [4.69, 9.17) is 9.57 Å². The van der Waals surface area contributed by atoms with E-state index in [-0.39, 0.29) is 0 Å². The summed E-state index contributed by atoms with van der Waals surface area (Å²) < 4.78 is 5.65. The zero-order valence-electron chi connectivity index (χ0n) is 15.8. The van der Waals surface area contributed by atoms with Gasteiger partial charge in [0.2, 0.25) is 0 Å². The minimum absolute atomic E-state index is 0.402. The van der Waals surface area contributed by atoms with Gasteiger partial charge in [-0.2, -0.15) is 0 Å². The predicted molar refractivity (Wildman–Crippen MR) is 110 cm³/mol. The van der Waals surface area contributed by atoms with Gasteiger partial charge in [-0.15, -0.1) is 0 Å². The molecule has 3 aromatic rings. The lowest BCUT2D eigenvalue weighted by atomic mass is 10.0. The van der Waals surface area contributed by atoms with Crippen molar-refractivity contribution >= 4 is 5.71 Å².